The second kappa shape index (κ2) is 7.00. The zero-order chi connectivity index (χ0) is 19.0. The second-order valence-corrected chi connectivity index (χ2v) is 7.08. The molecule has 0 fully saturated rings. The monoisotopic (exact) mass is 378 g/mol. The van der Waals surface area contributed by atoms with E-state index < -0.39 is 0 Å². The summed E-state index contributed by atoms with van der Waals surface area (Å²) in [6.45, 7) is 3.61. The molecule has 0 atom stereocenters. The molecule has 138 valence electrons. The maximum absolute atomic E-state index is 5.42. The Labute approximate surface area is 162 Å². The van der Waals surface area contributed by atoms with Crippen molar-refractivity contribution in [3.05, 3.63) is 53.1 Å². The van der Waals surface area contributed by atoms with Gasteiger partial charge >= 0.3 is 0 Å². The van der Waals surface area contributed by atoms with Gasteiger partial charge in [-0.2, -0.15) is 0 Å². The molecule has 0 aliphatic heterocycles. The number of nitrogens with zero attached hydrogens (tertiary/aromatic N) is 4. The lowest BCUT2D eigenvalue weighted by molar-refractivity contribution is 0.774. The minimum absolute atomic E-state index is 0.698. The summed E-state index contributed by atoms with van der Waals surface area (Å²) in [6.07, 6.45) is 1.60. The molecule has 2 N–H and O–H groups in total. The molecule has 6 nitrogen and oxygen atoms in total. The predicted molar refractivity (Wildman–Crippen MR) is 114 cm³/mol. The lowest BCUT2D eigenvalue weighted by Gasteiger charge is -2.13. The van der Waals surface area contributed by atoms with Gasteiger partial charge in [-0.15, -0.1) is 0 Å². The largest absolute Gasteiger partial charge is 0.378 e. The van der Waals surface area contributed by atoms with Crippen molar-refractivity contribution in [2.24, 2.45) is 0 Å². The summed E-state index contributed by atoms with van der Waals surface area (Å²) in [5.41, 5.74) is 5.36. The van der Waals surface area contributed by atoms with Crippen LogP contribution in [0.5, 0.6) is 0 Å². The standard InChI is InChI=1S/C20H22N6S/c1-4-26-18-10-16-15(9-17(18)24-20(26)27)19(23-12-22-16)21-11-13-5-7-14(8-6-13)25(2)3/h5-10,12H,4,11H2,1-3H3,(H,24,27)(H,21,22,23). The van der Waals surface area contributed by atoms with E-state index in [0.29, 0.717) is 6.54 Å². The Balaban J connectivity index is 1.67. The van der Waals surface area contributed by atoms with Crippen molar-refractivity contribution in [1.29, 1.82) is 0 Å². The number of imidazole rings is 1. The number of H-pyrrole nitrogens is 1. The Hall–Kier alpha value is -2.93. The van der Waals surface area contributed by atoms with Crippen LogP contribution in [0.15, 0.2) is 42.7 Å². The van der Waals surface area contributed by atoms with Gasteiger partial charge in [0.2, 0.25) is 0 Å². The highest BCUT2D eigenvalue weighted by Gasteiger charge is 2.09. The Morgan fingerprint density at radius 1 is 1.15 bits per heavy atom. The van der Waals surface area contributed by atoms with Crippen LogP contribution >= 0.6 is 12.2 Å². The van der Waals surface area contributed by atoms with E-state index in [4.69, 9.17) is 12.2 Å². The number of rotatable bonds is 5. The summed E-state index contributed by atoms with van der Waals surface area (Å²) in [7, 11) is 4.08. The van der Waals surface area contributed by atoms with Crippen LogP contribution in [-0.4, -0.2) is 33.6 Å². The third-order valence-electron chi connectivity index (χ3n) is 4.76. The number of nitrogens with one attached hydrogen (secondary N) is 2. The van der Waals surface area contributed by atoms with Gasteiger partial charge in [0.05, 0.1) is 16.6 Å². The van der Waals surface area contributed by atoms with E-state index in [1.165, 1.54) is 11.3 Å². The average molecular weight is 379 g/mol. The first-order chi connectivity index (χ1) is 13.1. The minimum Gasteiger partial charge on any atom is -0.378 e. The Kier molecular flexibility index (Phi) is 4.53. The molecular weight excluding hydrogens is 356 g/mol. The molecule has 0 saturated carbocycles. The molecule has 27 heavy (non-hydrogen) atoms. The van der Waals surface area contributed by atoms with Crippen molar-refractivity contribution in [1.82, 2.24) is 19.5 Å². The van der Waals surface area contributed by atoms with E-state index >= 15 is 0 Å². The summed E-state index contributed by atoms with van der Waals surface area (Å²) in [4.78, 5) is 14.3. The fourth-order valence-corrected chi connectivity index (χ4v) is 3.60. The highest BCUT2D eigenvalue weighted by atomic mass is 32.1. The van der Waals surface area contributed by atoms with E-state index in [1.807, 2.05) is 14.1 Å². The van der Waals surface area contributed by atoms with Gasteiger partial charge in [0.25, 0.3) is 0 Å². The van der Waals surface area contributed by atoms with Gasteiger partial charge in [0.15, 0.2) is 4.77 Å². The molecule has 0 unspecified atom stereocenters. The first-order valence-electron chi connectivity index (χ1n) is 8.94. The molecule has 2 heterocycles. The first kappa shape index (κ1) is 17.5. The van der Waals surface area contributed by atoms with Crippen LogP contribution < -0.4 is 10.2 Å². The Bertz CT molecular complexity index is 1160. The predicted octanol–water partition coefficient (Wildman–Crippen LogP) is 4.34. The molecule has 7 heteroatoms. The molecule has 0 aliphatic carbocycles. The molecule has 0 amide bonds. The zero-order valence-electron chi connectivity index (χ0n) is 15.7. The lowest BCUT2D eigenvalue weighted by atomic mass is 10.2. The summed E-state index contributed by atoms with van der Waals surface area (Å²) in [6, 6.07) is 12.6. The molecule has 0 aliphatic rings. The average Bonchev–Trinajstić information content (AvgIpc) is 2.98. The summed E-state index contributed by atoms with van der Waals surface area (Å²) in [5.74, 6) is 0.821. The molecule has 2 aromatic carbocycles. The quantitative estimate of drug-likeness (QED) is 0.506. The summed E-state index contributed by atoms with van der Waals surface area (Å²) < 4.78 is 2.80. The van der Waals surface area contributed by atoms with Gasteiger partial charge in [0, 0.05) is 38.3 Å². The number of hydrogen-bond donors (Lipinski definition) is 2. The van der Waals surface area contributed by atoms with Crippen molar-refractivity contribution < 1.29 is 0 Å². The fraction of sp³-hybridized carbons (Fsp3) is 0.250. The topological polar surface area (TPSA) is 61.8 Å². The van der Waals surface area contributed by atoms with Gasteiger partial charge in [-0.25, -0.2) is 9.97 Å². The van der Waals surface area contributed by atoms with Gasteiger partial charge in [-0.05, 0) is 49.0 Å². The zero-order valence-corrected chi connectivity index (χ0v) is 16.5. The fourth-order valence-electron chi connectivity index (χ4n) is 3.26. The van der Waals surface area contributed by atoms with Crippen molar-refractivity contribution in [3.63, 3.8) is 0 Å². The van der Waals surface area contributed by atoms with Gasteiger partial charge < -0.3 is 19.8 Å². The van der Waals surface area contributed by atoms with Crippen LogP contribution in [0.2, 0.25) is 0 Å². The summed E-state index contributed by atoms with van der Waals surface area (Å²) >= 11 is 5.42. The van der Waals surface area contributed by atoms with Crippen LogP contribution in [0.4, 0.5) is 11.5 Å². The second-order valence-electron chi connectivity index (χ2n) is 6.70. The molecule has 4 aromatic rings. The third kappa shape index (κ3) is 3.26. The van der Waals surface area contributed by atoms with Crippen molar-refractivity contribution in [2.45, 2.75) is 20.0 Å². The van der Waals surface area contributed by atoms with Gasteiger partial charge in [-0.3, -0.25) is 0 Å². The smallest absolute Gasteiger partial charge is 0.178 e. The number of benzene rings is 2. The maximum atomic E-state index is 5.42. The highest BCUT2D eigenvalue weighted by molar-refractivity contribution is 7.71. The molecule has 0 radical (unpaired) electrons. The number of aryl methyl sites for hydroxylation is 1. The van der Waals surface area contributed by atoms with E-state index in [-0.39, 0.29) is 0 Å². The number of anilines is 2. The number of hydrogen-bond acceptors (Lipinski definition) is 5. The Morgan fingerprint density at radius 2 is 1.93 bits per heavy atom. The van der Waals surface area contributed by atoms with Crippen molar-refractivity contribution in [2.75, 3.05) is 24.3 Å². The molecular formula is C20H22N6S. The van der Waals surface area contributed by atoms with Gasteiger partial charge in [0.1, 0.15) is 12.1 Å². The van der Waals surface area contributed by atoms with Crippen molar-refractivity contribution >= 4 is 45.7 Å². The molecule has 0 bridgehead atoms. The van der Waals surface area contributed by atoms with E-state index in [9.17, 15) is 0 Å². The normalized spacial score (nSPS) is 11.2. The molecule has 4 rings (SSSR count). The lowest BCUT2D eigenvalue weighted by Crippen LogP contribution is -2.08. The number of aromatic amines is 1. The number of fused-ring (bicyclic) bond motifs is 2. The molecule has 0 saturated heterocycles. The minimum atomic E-state index is 0.698. The maximum Gasteiger partial charge on any atom is 0.178 e. The molecule has 0 spiro atoms. The van der Waals surface area contributed by atoms with E-state index in [0.717, 1.165) is 39.1 Å². The van der Waals surface area contributed by atoms with Crippen LogP contribution in [0.1, 0.15) is 12.5 Å². The van der Waals surface area contributed by atoms with Crippen molar-refractivity contribution in [3.8, 4) is 0 Å². The highest BCUT2D eigenvalue weighted by Crippen LogP contribution is 2.26. The van der Waals surface area contributed by atoms with Crippen LogP contribution in [0, 0.1) is 4.77 Å². The van der Waals surface area contributed by atoms with E-state index in [1.54, 1.807) is 6.33 Å². The van der Waals surface area contributed by atoms with Gasteiger partial charge in [-0.1, -0.05) is 12.1 Å². The SMILES string of the molecule is CCn1c(=S)[nH]c2cc3c(NCc4ccc(N(C)C)cc4)ncnc3cc21. The Morgan fingerprint density at radius 3 is 2.63 bits per heavy atom. The molecule has 2 aromatic heterocycles. The number of aromatic nitrogens is 4. The summed E-state index contributed by atoms with van der Waals surface area (Å²) in [5, 5.41) is 4.42. The van der Waals surface area contributed by atoms with Crippen LogP contribution in [0.25, 0.3) is 21.9 Å². The first-order valence-corrected chi connectivity index (χ1v) is 9.35. The van der Waals surface area contributed by atoms with E-state index in [2.05, 4.69) is 73.1 Å². The van der Waals surface area contributed by atoms with Crippen LogP contribution in [-0.2, 0) is 13.1 Å². The third-order valence-corrected chi connectivity index (χ3v) is 5.08. The van der Waals surface area contributed by atoms with Crippen LogP contribution in [0.3, 0.4) is 0 Å².